The molecule has 31 heavy (non-hydrogen) atoms. The summed E-state index contributed by atoms with van der Waals surface area (Å²) in [4.78, 5) is 0. The van der Waals surface area contributed by atoms with Gasteiger partial charge >= 0.3 is 0 Å². The first kappa shape index (κ1) is 21.5. The van der Waals surface area contributed by atoms with Crippen LogP contribution in [0.15, 0.2) is 54.6 Å². The largest absolute Gasteiger partial charge is 0.500 e. The van der Waals surface area contributed by atoms with Crippen LogP contribution < -0.4 is 4.74 Å². The van der Waals surface area contributed by atoms with Crippen molar-refractivity contribution in [3.05, 3.63) is 77.6 Å². The molecule has 0 amide bonds. The van der Waals surface area contributed by atoms with E-state index in [0.717, 1.165) is 18.4 Å². The molecule has 4 rings (SSSR count). The molecule has 6 heteroatoms. The van der Waals surface area contributed by atoms with E-state index in [0.29, 0.717) is 23.3 Å². The van der Waals surface area contributed by atoms with Crippen molar-refractivity contribution in [2.45, 2.75) is 31.8 Å². The lowest BCUT2D eigenvalue weighted by Crippen LogP contribution is -2.22. The Morgan fingerprint density at radius 2 is 1.58 bits per heavy atom. The summed E-state index contributed by atoms with van der Waals surface area (Å²) >= 11 is 0. The van der Waals surface area contributed by atoms with Gasteiger partial charge in [-0.25, -0.2) is 8.78 Å². The van der Waals surface area contributed by atoms with E-state index in [-0.39, 0.29) is 35.7 Å². The van der Waals surface area contributed by atoms with Gasteiger partial charge in [0.1, 0.15) is 5.82 Å². The Balaban J connectivity index is 1.57. The van der Waals surface area contributed by atoms with Gasteiger partial charge in [0.2, 0.25) is 5.82 Å². The fourth-order valence-electron chi connectivity index (χ4n) is 4.02. The minimum absolute atomic E-state index is 0.111. The van der Waals surface area contributed by atoms with Gasteiger partial charge in [-0.05, 0) is 54.7 Å². The van der Waals surface area contributed by atoms with E-state index in [1.165, 1.54) is 12.1 Å². The number of rotatable bonds is 5. The summed E-state index contributed by atoms with van der Waals surface area (Å²) in [5.74, 6) is -2.17. The first-order chi connectivity index (χ1) is 15.0. The van der Waals surface area contributed by atoms with E-state index in [9.17, 15) is 13.2 Å². The average molecular weight is 424 g/mol. The zero-order chi connectivity index (χ0) is 22.0. The topological polar surface area (TPSA) is 18.5 Å². The molecule has 2 atom stereocenters. The van der Waals surface area contributed by atoms with Crippen LogP contribution in [0.5, 0.6) is 5.75 Å². The fraction of sp³-hybridized carbons (Fsp3) is 0.280. The summed E-state index contributed by atoms with van der Waals surface area (Å²) in [6.07, 6.45) is 2.21. The van der Waals surface area contributed by atoms with Crippen LogP contribution in [0.25, 0.3) is 22.3 Å². The van der Waals surface area contributed by atoms with E-state index in [2.05, 4.69) is 6.92 Å². The Labute approximate surface area is 181 Å². The molecule has 0 bridgehead atoms. The van der Waals surface area contributed by atoms with Gasteiger partial charge in [-0.2, -0.15) is 4.39 Å². The second-order valence-electron chi connectivity index (χ2n) is 7.91. The molecular weight excluding hydrogens is 400 g/mol. The molecular formula is C25H24BF3O2. The minimum Gasteiger partial charge on any atom is -0.500 e. The van der Waals surface area contributed by atoms with Crippen molar-refractivity contribution in [3.63, 3.8) is 0 Å². The summed E-state index contributed by atoms with van der Waals surface area (Å²) < 4.78 is 54.3. The Morgan fingerprint density at radius 3 is 2.19 bits per heavy atom. The predicted octanol–water partition coefficient (Wildman–Crippen LogP) is 5.69. The molecule has 1 aliphatic heterocycles. The van der Waals surface area contributed by atoms with Crippen LogP contribution in [0.1, 0.15) is 31.2 Å². The summed E-state index contributed by atoms with van der Waals surface area (Å²) in [6, 6.07) is 15.0. The van der Waals surface area contributed by atoms with Crippen LogP contribution in [-0.4, -0.2) is 27.1 Å². The molecule has 1 fully saturated rings. The lowest BCUT2D eigenvalue weighted by atomic mass is 9.90. The zero-order valence-corrected chi connectivity index (χ0v) is 17.6. The third-order valence-corrected chi connectivity index (χ3v) is 5.82. The number of halogens is 3. The summed E-state index contributed by atoms with van der Waals surface area (Å²) in [7, 11) is 1.71. The van der Waals surface area contributed by atoms with Gasteiger partial charge in [0, 0.05) is 17.0 Å². The molecule has 2 nitrogen and oxygen atoms in total. The molecule has 2 unspecified atom stereocenters. The lowest BCUT2D eigenvalue weighted by molar-refractivity contribution is 0.0154. The van der Waals surface area contributed by atoms with Crippen molar-refractivity contribution in [3.8, 4) is 28.0 Å². The van der Waals surface area contributed by atoms with Crippen molar-refractivity contribution >= 4 is 7.85 Å². The molecule has 160 valence electrons. The Morgan fingerprint density at radius 1 is 0.903 bits per heavy atom. The molecule has 1 aliphatic rings. The standard InChI is InChI=1S/C25H24BF3O2/c1-15-2-3-19(13-30-15)18-8-9-20(22(27)12-18)16-4-6-17(7-5-16)21-10-11-23(31-14-26)25(29)24(21)28/h4-12,15,19H,2-3,13-14,26H2,1H3. The maximum absolute atomic E-state index is 14.9. The second kappa shape index (κ2) is 9.19. The van der Waals surface area contributed by atoms with Crippen LogP contribution in [0, 0.1) is 17.5 Å². The summed E-state index contributed by atoms with van der Waals surface area (Å²) in [6.45, 7) is 2.91. The van der Waals surface area contributed by atoms with E-state index < -0.39 is 11.6 Å². The molecule has 1 heterocycles. The van der Waals surface area contributed by atoms with Gasteiger partial charge < -0.3 is 9.47 Å². The maximum Gasteiger partial charge on any atom is 0.201 e. The number of benzene rings is 3. The van der Waals surface area contributed by atoms with Crippen LogP contribution in [0.3, 0.4) is 0 Å². The quantitative estimate of drug-likeness (QED) is 0.490. The Kier molecular flexibility index (Phi) is 6.37. The number of hydrogen-bond acceptors (Lipinski definition) is 2. The summed E-state index contributed by atoms with van der Waals surface area (Å²) in [5, 5.41) is 0. The van der Waals surface area contributed by atoms with E-state index in [1.807, 2.05) is 6.07 Å². The van der Waals surface area contributed by atoms with Gasteiger partial charge in [-0.1, -0.05) is 36.4 Å². The van der Waals surface area contributed by atoms with Gasteiger partial charge in [0.15, 0.2) is 19.4 Å². The molecule has 0 aromatic heterocycles. The molecule has 0 spiro atoms. The van der Waals surface area contributed by atoms with Gasteiger partial charge in [0.05, 0.1) is 19.2 Å². The minimum atomic E-state index is -1.01. The summed E-state index contributed by atoms with van der Waals surface area (Å²) in [5.41, 5.74) is 2.73. The van der Waals surface area contributed by atoms with E-state index in [1.54, 1.807) is 44.2 Å². The van der Waals surface area contributed by atoms with Crippen molar-refractivity contribution < 1.29 is 22.6 Å². The lowest BCUT2D eigenvalue weighted by Gasteiger charge is -2.27. The van der Waals surface area contributed by atoms with Crippen LogP contribution in [0.2, 0.25) is 0 Å². The van der Waals surface area contributed by atoms with Crippen LogP contribution in [-0.2, 0) is 4.74 Å². The number of hydrogen-bond donors (Lipinski definition) is 0. The highest BCUT2D eigenvalue weighted by atomic mass is 19.2. The van der Waals surface area contributed by atoms with Gasteiger partial charge in [-0.3, -0.25) is 0 Å². The zero-order valence-electron chi connectivity index (χ0n) is 17.6. The van der Waals surface area contributed by atoms with Gasteiger partial charge in [-0.15, -0.1) is 0 Å². The van der Waals surface area contributed by atoms with Crippen LogP contribution >= 0.6 is 0 Å². The highest BCUT2D eigenvalue weighted by molar-refractivity contribution is 6.08. The van der Waals surface area contributed by atoms with Crippen LogP contribution in [0.4, 0.5) is 13.2 Å². The highest BCUT2D eigenvalue weighted by Crippen LogP contribution is 2.34. The molecule has 0 saturated carbocycles. The van der Waals surface area contributed by atoms with Crippen molar-refractivity contribution in [1.82, 2.24) is 0 Å². The molecule has 3 aromatic rings. The third-order valence-electron chi connectivity index (χ3n) is 5.82. The van der Waals surface area contributed by atoms with E-state index >= 15 is 0 Å². The fourth-order valence-corrected chi connectivity index (χ4v) is 4.02. The van der Waals surface area contributed by atoms with Gasteiger partial charge in [0.25, 0.3) is 0 Å². The normalized spacial score (nSPS) is 18.7. The van der Waals surface area contributed by atoms with Crippen molar-refractivity contribution in [1.29, 1.82) is 0 Å². The first-order valence-electron chi connectivity index (χ1n) is 10.6. The molecule has 0 aliphatic carbocycles. The highest BCUT2D eigenvalue weighted by Gasteiger charge is 2.21. The van der Waals surface area contributed by atoms with Crippen molar-refractivity contribution in [2.24, 2.45) is 0 Å². The number of ether oxygens (including phenoxy) is 2. The third kappa shape index (κ3) is 4.49. The molecule has 1 saturated heterocycles. The SMILES string of the molecule is BCOc1ccc(-c2ccc(-c3ccc(C4CCC(C)OC4)cc3F)cc2)c(F)c1F. The molecule has 3 aromatic carbocycles. The average Bonchev–Trinajstić information content (AvgIpc) is 2.78. The Bertz CT molecular complexity index is 1060. The second-order valence-corrected chi connectivity index (χ2v) is 7.91. The molecule has 0 N–H and O–H groups in total. The maximum atomic E-state index is 14.9. The monoisotopic (exact) mass is 424 g/mol. The van der Waals surface area contributed by atoms with E-state index in [4.69, 9.17) is 9.47 Å². The smallest absolute Gasteiger partial charge is 0.201 e. The first-order valence-corrected chi connectivity index (χ1v) is 10.6. The molecule has 0 radical (unpaired) electrons. The van der Waals surface area contributed by atoms with Crippen molar-refractivity contribution in [2.75, 3.05) is 13.1 Å². The predicted molar refractivity (Wildman–Crippen MR) is 119 cm³/mol. The Hall–Kier alpha value is -2.73.